The van der Waals surface area contributed by atoms with Crippen molar-refractivity contribution in [3.8, 4) is 0 Å². The summed E-state index contributed by atoms with van der Waals surface area (Å²) in [5.41, 5.74) is 3.84. The van der Waals surface area contributed by atoms with Gasteiger partial charge in [-0.2, -0.15) is 0 Å². The van der Waals surface area contributed by atoms with Crippen LogP contribution in [0.4, 0.5) is 11.4 Å². The second-order valence-corrected chi connectivity index (χ2v) is 7.13. The number of amides is 1. The van der Waals surface area contributed by atoms with E-state index in [9.17, 15) is 4.79 Å². The van der Waals surface area contributed by atoms with E-state index < -0.39 is 0 Å². The number of hydrogen-bond donors (Lipinski definition) is 1. The fourth-order valence-corrected chi connectivity index (χ4v) is 3.77. The van der Waals surface area contributed by atoms with Gasteiger partial charge in [-0.15, -0.1) is 0 Å². The Morgan fingerprint density at radius 3 is 2.67 bits per heavy atom. The lowest BCUT2D eigenvalue weighted by atomic mass is 10.1. The van der Waals surface area contributed by atoms with Crippen LogP contribution in [-0.2, 0) is 11.2 Å². The van der Waals surface area contributed by atoms with Gasteiger partial charge in [0, 0.05) is 37.6 Å². The average molecular weight is 366 g/mol. The molecule has 27 heavy (non-hydrogen) atoms. The number of carbonyl (C=O) groups is 1. The summed E-state index contributed by atoms with van der Waals surface area (Å²) in [6.07, 6.45) is 4.40. The minimum absolute atomic E-state index is 0.120. The van der Waals surface area contributed by atoms with Gasteiger partial charge in [-0.25, -0.2) is 0 Å². The molecule has 2 aromatic carbocycles. The van der Waals surface area contributed by atoms with Crippen LogP contribution in [0.5, 0.6) is 0 Å². The number of nitrogens with zero attached hydrogens (tertiary/aromatic N) is 2. The van der Waals surface area contributed by atoms with Crippen LogP contribution in [-0.4, -0.2) is 38.6 Å². The van der Waals surface area contributed by atoms with Gasteiger partial charge >= 0.3 is 0 Å². The molecule has 1 aliphatic rings. The fraction of sp³-hybridized carbons (Fsp3) is 0.435. The SMILES string of the molecule is CCN(CCCNC(=O)CN1CCCCc2ccccc21)c1ccccc1. The van der Waals surface area contributed by atoms with Crippen LogP contribution in [0, 0.1) is 0 Å². The largest absolute Gasteiger partial charge is 0.372 e. The summed E-state index contributed by atoms with van der Waals surface area (Å²) in [6.45, 7) is 6.23. The molecular formula is C23H31N3O. The molecule has 1 N–H and O–H groups in total. The van der Waals surface area contributed by atoms with Gasteiger partial charge in [-0.1, -0.05) is 36.4 Å². The molecule has 0 saturated carbocycles. The Morgan fingerprint density at radius 1 is 1.07 bits per heavy atom. The molecule has 1 aliphatic heterocycles. The first-order chi connectivity index (χ1) is 13.3. The predicted molar refractivity (Wildman–Crippen MR) is 114 cm³/mol. The fourth-order valence-electron chi connectivity index (χ4n) is 3.77. The quantitative estimate of drug-likeness (QED) is 0.722. The summed E-state index contributed by atoms with van der Waals surface area (Å²) in [5.74, 6) is 0.120. The summed E-state index contributed by atoms with van der Waals surface area (Å²) >= 11 is 0. The first-order valence-electron chi connectivity index (χ1n) is 10.2. The van der Waals surface area contributed by atoms with E-state index in [1.807, 2.05) is 6.07 Å². The predicted octanol–water partition coefficient (Wildman–Crippen LogP) is 3.86. The number of nitrogens with one attached hydrogen (secondary N) is 1. The van der Waals surface area contributed by atoms with Crippen molar-refractivity contribution in [3.63, 3.8) is 0 Å². The highest BCUT2D eigenvalue weighted by Crippen LogP contribution is 2.25. The Morgan fingerprint density at radius 2 is 1.85 bits per heavy atom. The van der Waals surface area contributed by atoms with Gasteiger partial charge in [0.1, 0.15) is 0 Å². The molecular weight excluding hydrogens is 334 g/mol. The number of hydrogen-bond acceptors (Lipinski definition) is 3. The van der Waals surface area contributed by atoms with Crippen LogP contribution in [0.25, 0.3) is 0 Å². The lowest BCUT2D eigenvalue weighted by Gasteiger charge is -2.25. The third-order valence-electron chi connectivity index (χ3n) is 5.22. The summed E-state index contributed by atoms with van der Waals surface area (Å²) in [5, 5.41) is 3.10. The van der Waals surface area contributed by atoms with E-state index in [1.54, 1.807) is 0 Å². The van der Waals surface area contributed by atoms with Crippen molar-refractivity contribution in [1.82, 2.24) is 5.32 Å². The topological polar surface area (TPSA) is 35.6 Å². The van der Waals surface area contributed by atoms with Crippen LogP contribution < -0.4 is 15.1 Å². The van der Waals surface area contributed by atoms with Crippen LogP contribution in [0.15, 0.2) is 54.6 Å². The van der Waals surface area contributed by atoms with Gasteiger partial charge in [-0.3, -0.25) is 4.79 Å². The highest BCUT2D eigenvalue weighted by molar-refractivity contribution is 5.81. The van der Waals surface area contributed by atoms with Crippen molar-refractivity contribution >= 4 is 17.3 Å². The molecule has 2 aromatic rings. The van der Waals surface area contributed by atoms with Crippen molar-refractivity contribution in [1.29, 1.82) is 0 Å². The molecule has 0 saturated heterocycles. The summed E-state index contributed by atoms with van der Waals surface area (Å²) in [7, 11) is 0. The number of carbonyl (C=O) groups excluding carboxylic acids is 1. The van der Waals surface area contributed by atoms with Gasteiger partial charge in [0.05, 0.1) is 6.54 Å². The van der Waals surface area contributed by atoms with Crippen LogP contribution in [0.2, 0.25) is 0 Å². The average Bonchev–Trinajstić information content (AvgIpc) is 2.91. The van der Waals surface area contributed by atoms with Crippen LogP contribution >= 0.6 is 0 Å². The Balaban J connectivity index is 1.45. The maximum absolute atomic E-state index is 12.5. The van der Waals surface area contributed by atoms with E-state index in [1.165, 1.54) is 23.4 Å². The van der Waals surface area contributed by atoms with Crippen LogP contribution in [0.3, 0.4) is 0 Å². The summed E-state index contributed by atoms with van der Waals surface area (Å²) in [6, 6.07) is 18.9. The van der Waals surface area contributed by atoms with E-state index in [4.69, 9.17) is 0 Å². The van der Waals surface area contributed by atoms with Crippen molar-refractivity contribution < 1.29 is 4.79 Å². The first-order valence-corrected chi connectivity index (χ1v) is 10.2. The van der Waals surface area contributed by atoms with Gasteiger partial charge in [-0.05, 0) is 56.4 Å². The maximum Gasteiger partial charge on any atom is 0.239 e. The molecule has 144 valence electrons. The monoisotopic (exact) mass is 365 g/mol. The third kappa shape index (κ3) is 5.49. The molecule has 0 aromatic heterocycles. The molecule has 0 unspecified atom stereocenters. The molecule has 0 spiro atoms. The third-order valence-corrected chi connectivity index (χ3v) is 5.22. The summed E-state index contributed by atoms with van der Waals surface area (Å²) < 4.78 is 0. The number of aryl methyl sites for hydroxylation is 1. The second-order valence-electron chi connectivity index (χ2n) is 7.13. The zero-order valence-electron chi connectivity index (χ0n) is 16.4. The van der Waals surface area contributed by atoms with E-state index in [0.717, 1.165) is 45.4 Å². The molecule has 4 nitrogen and oxygen atoms in total. The number of para-hydroxylation sites is 2. The van der Waals surface area contributed by atoms with Crippen molar-refractivity contribution in [2.75, 3.05) is 42.5 Å². The van der Waals surface area contributed by atoms with Crippen molar-refractivity contribution in [3.05, 3.63) is 60.2 Å². The van der Waals surface area contributed by atoms with Gasteiger partial charge in [0.15, 0.2) is 0 Å². The molecule has 0 radical (unpaired) electrons. The number of anilines is 2. The van der Waals surface area contributed by atoms with Crippen molar-refractivity contribution in [2.45, 2.75) is 32.6 Å². The Bertz CT molecular complexity index is 717. The minimum atomic E-state index is 0.120. The van der Waals surface area contributed by atoms with Crippen molar-refractivity contribution in [2.24, 2.45) is 0 Å². The Kier molecular flexibility index (Phi) is 7.14. The molecule has 0 bridgehead atoms. The second kappa shape index (κ2) is 10.0. The van der Waals surface area contributed by atoms with Gasteiger partial charge < -0.3 is 15.1 Å². The van der Waals surface area contributed by atoms with E-state index in [0.29, 0.717) is 6.54 Å². The molecule has 4 heteroatoms. The van der Waals surface area contributed by atoms with Gasteiger partial charge in [0.2, 0.25) is 5.91 Å². The molecule has 0 atom stereocenters. The Labute approximate surface area is 163 Å². The molecule has 3 rings (SSSR count). The summed E-state index contributed by atoms with van der Waals surface area (Å²) in [4.78, 5) is 17.0. The lowest BCUT2D eigenvalue weighted by molar-refractivity contribution is -0.119. The van der Waals surface area contributed by atoms with Gasteiger partial charge in [0.25, 0.3) is 0 Å². The standard InChI is InChI=1S/C23H31N3O/c1-2-25(21-13-4-3-5-14-21)18-10-16-24-23(27)19-26-17-9-8-12-20-11-6-7-15-22(20)26/h3-7,11,13-15H,2,8-10,12,16-19H2,1H3,(H,24,27). The van der Waals surface area contributed by atoms with E-state index in [2.05, 4.69) is 70.6 Å². The zero-order chi connectivity index (χ0) is 18.9. The van der Waals surface area contributed by atoms with E-state index >= 15 is 0 Å². The zero-order valence-corrected chi connectivity index (χ0v) is 16.4. The smallest absolute Gasteiger partial charge is 0.239 e. The normalized spacial score (nSPS) is 13.6. The molecule has 0 fully saturated rings. The highest BCUT2D eigenvalue weighted by Gasteiger charge is 2.17. The maximum atomic E-state index is 12.5. The van der Waals surface area contributed by atoms with E-state index in [-0.39, 0.29) is 5.91 Å². The number of rotatable bonds is 8. The molecule has 1 heterocycles. The number of benzene rings is 2. The number of fused-ring (bicyclic) bond motifs is 1. The Hall–Kier alpha value is -2.49. The molecule has 0 aliphatic carbocycles. The van der Waals surface area contributed by atoms with Crippen LogP contribution in [0.1, 0.15) is 31.7 Å². The molecule has 1 amide bonds. The highest BCUT2D eigenvalue weighted by atomic mass is 16.2. The minimum Gasteiger partial charge on any atom is -0.372 e. The first kappa shape index (κ1) is 19.3. The lowest BCUT2D eigenvalue weighted by Crippen LogP contribution is -2.39.